The van der Waals surface area contributed by atoms with Gasteiger partial charge in [-0.25, -0.2) is 0 Å². The number of hydrogen-bond donors (Lipinski definition) is 0. The first-order valence-electron chi connectivity index (χ1n) is 13.6. The molecular formula is C37H32. The molecule has 0 heteroatoms. The Kier molecular flexibility index (Phi) is 5.01. The van der Waals surface area contributed by atoms with Gasteiger partial charge in [0.1, 0.15) is 0 Å². The zero-order valence-corrected chi connectivity index (χ0v) is 21.9. The molecule has 0 N–H and O–H groups in total. The van der Waals surface area contributed by atoms with E-state index in [1.54, 1.807) is 0 Å². The molecule has 0 heterocycles. The molecule has 5 aromatic rings. The topological polar surface area (TPSA) is 0 Å². The summed E-state index contributed by atoms with van der Waals surface area (Å²) in [7, 11) is 0. The summed E-state index contributed by atoms with van der Waals surface area (Å²) in [5, 5.41) is 0. The molecule has 0 atom stereocenters. The van der Waals surface area contributed by atoms with Crippen LogP contribution in [-0.2, 0) is 24.7 Å². The van der Waals surface area contributed by atoms with Crippen molar-refractivity contribution in [2.24, 2.45) is 0 Å². The van der Waals surface area contributed by atoms with E-state index in [-0.39, 0.29) is 5.41 Å². The first-order valence-corrected chi connectivity index (χ1v) is 13.6. The summed E-state index contributed by atoms with van der Waals surface area (Å²) in [4.78, 5) is 0. The molecule has 0 unspecified atom stereocenters. The van der Waals surface area contributed by atoms with Gasteiger partial charge < -0.3 is 0 Å². The van der Waals surface area contributed by atoms with Gasteiger partial charge >= 0.3 is 0 Å². The number of hydrogen-bond acceptors (Lipinski definition) is 0. The first-order chi connectivity index (χ1) is 18.1. The van der Waals surface area contributed by atoms with E-state index in [9.17, 15) is 0 Å². The fraction of sp³-hybridized carbons (Fsp3) is 0.189. The maximum atomic E-state index is 2.48. The molecule has 0 aliphatic heterocycles. The highest BCUT2D eigenvalue weighted by Gasteiger charge is 2.50. The maximum absolute atomic E-state index is 2.48. The quantitative estimate of drug-likeness (QED) is 0.239. The lowest BCUT2D eigenvalue weighted by atomic mass is 9.61. The van der Waals surface area contributed by atoms with E-state index in [1.165, 1.54) is 72.3 Å². The van der Waals surface area contributed by atoms with Gasteiger partial charge in [0.25, 0.3) is 0 Å². The van der Waals surface area contributed by atoms with Crippen LogP contribution in [0.1, 0.15) is 68.1 Å². The molecule has 0 saturated heterocycles. The van der Waals surface area contributed by atoms with Gasteiger partial charge in [0.2, 0.25) is 0 Å². The summed E-state index contributed by atoms with van der Waals surface area (Å²) in [6, 6.07) is 39.6. The van der Waals surface area contributed by atoms with Gasteiger partial charge in [0.15, 0.2) is 0 Å². The van der Waals surface area contributed by atoms with Gasteiger partial charge in [0.05, 0.1) is 5.41 Å². The minimum Gasteiger partial charge on any atom is -0.0620 e. The van der Waals surface area contributed by atoms with Crippen LogP contribution in [0.5, 0.6) is 0 Å². The third-order valence-electron chi connectivity index (χ3n) is 8.62. The van der Waals surface area contributed by atoms with E-state index in [2.05, 4.69) is 124 Å². The van der Waals surface area contributed by atoms with Gasteiger partial charge in [-0.15, -0.1) is 0 Å². The summed E-state index contributed by atoms with van der Waals surface area (Å²) < 4.78 is 0. The van der Waals surface area contributed by atoms with Crippen molar-refractivity contribution in [1.29, 1.82) is 0 Å². The highest BCUT2D eigenvalue weighted by atomic mass is 14.5. The number of aryl methyl sites for hydroxylation is 3. The average molecular weight is 477 g/mol. The normalized spacial score (nSPS) is 14.1. The molecule has 1 spiro atoms. The van der Waals surface area contributed by atoms with Crippen LogP contribution in [0.2, 0.25) is 0 Å². The molecule has 180 valence electrons. The van der Waals surface area contributed by atoms with Crippen LogP contribution in [-0.4, -0.2) is 0 Å². The van der Waals surface area contributed by atoms with Crippen molar-refractivity contribution in [3.05, 3.63) is 164 Å². The molecule has 0 bridgehead atoms. The maximum Gasteiger partial charge on any atom is 0.0719 e. The Balaban J connectivity index is 1.58. The third kappa shape index (κ3) is 3.22. The monoisotopic (exact) mass is 476 g/mol. The lowest BCUT2D eigenvalue weighted by molar-refractivity contribution is 0.721. The Morgan fingerprint density at radius 2 is 1.24 bits per heavy atom. The Morgan fingerprint density at radius 1 is 0.595 bits per heavy atom. The molecule has 0 saturated carbocycles. The van der Waals surface area contributed by atoms with Crippen LogP contribution in [0, 0.1) is 13.8 Å². The molecule has 0 radical (unpaired) electrons. The van der Waals surface area contributed by atoms with E-state index in [0.29, 0.717) is 0 Å². The molecule has 0 fully saturated rings. The van der Waals surface area contributed by atoms with Crippen LogP contribution in [0.15, 0.2) is 103 Å². The van der Waals surface area contributed by atoms with E-state index in [0.717, 1.165) is 19.3 Å². The summed E-state index contributed by atoms with van der Waals surface area (Å²) in [6.07, 6.45) is 2.98. The molecule has 2 aliphatic carbocycles. The summed E-state index contributed by atoms with van der Waals surface area (Å²) in [5.74, 6) is 0. The standard InChI is InChI=1S/C37H32/c1-4-26-16-17-34-31(22-26)36-30(21-27-19-24(2)18-25(3)20-27)12-9-15-35(36)37(34)32-13-7-5-10-28(32)23-29-11-6-8-14-33(29)37/h5-20,22H,4,21,23H2,1-3H3. The second-order valence-electron chi connectivity index (χ2n) is 11.0. The lowest BCUT2D eigenvalue weighted by Gasteiger charge is -2.40. The summed E-state index contributed by atoms with van der Waals surface area (Å²) in [5.41, 5.74) is 18.1. The average Bonchev–Trinajstić information content (AvgIpc) is 3.19. The fourth-order valence-electron chi connectivity index (χ4n) is 7.27. The van der Waals surface area contributed by atoms with Crippen molar-refractivity contribution in [3.63, 3.8) is 0 Å². The van der Waals surface area contributed by atoms with Crippen molar-refractivity contribution >= 4 is 0 Å². The van der Waals surface area contributed by atoms with E-state index in [4.69, 9.17) is 0 Å². The van der Waals surface area contributed by atoms with Gasteiger partial charge in [-0.3, -0.25) is 0 Å². The third-order valence-corrected chi connectivity index (χ3v) is 8.62. The zero-order valence-electron chi connectivity index (χ0n) is 21.9. The van der Waals surface area contributed by atoms with Gasteiger partial charge in [-0.05, 0) is 94.3 Å². The van der Waals surface area contributed by atoms with Crippen molar-refractivity contribution in [3.8, 4) is 11.1 Å². The van der Waals surface area contributed by atoms with Crippen molar-refractivity contribution in [2.75, 3.05) is 0 Å². The Bertz CT molecular complexity index is 1620. The molecule has 2 aliphatic rings. The molecule has 7 rings (SSSR count). The second kappa shape index (κ2) is 8.32. The zero-order chi connectivity index (χ0) is 25.1. The SMILES string of the molecule is CCc1ccc2c(c1)-c1c(Cc3cc(C)cc(C)c3)cccc1C21c2ccccc2Cc2ccccc21. The molecule has 37 heavy (non-hydrogen) atoms. The summed E-state index contributed by atoms with van der Waals surface area (Å²) >= 11 is 0. The summed E-state index contributed by atoms with van der Waals surface area (Å²) in [6.45, 7) is 6.68. The molecule has 5 aromatic carbocycles. The number of benzene rings is 5. The van der Waals surface area contributed by atoms with E-state index in [1.807, 2.05) is 0 Å². The molecule has 0 aromatic heterocycles. The number of rotatable bonds is 3. The minimum absolute atomic E-state index is 0.277. The Morgan fingerprint density at radius 3 is 1.92 bits per heavy atom. The van der Waals surface area contributed by atoms with Crippen molar-refractivity contribution in [1.82, 2.24) is 0 Å². The largest absolute Gasteiger partial charge is 0.0719 e. The van der Waals surface area contributed by atoms with Gasteiger partial charge in [-0.2, -0.15) is 0 Å². The highest BCUT2D eigenvalue weighted by molar-refractivity contribution is 5.90. The number of fused-ring (bicyclic) bond motifs is 9. The molecule has 0 nitrogen and oxygen atoms in total. The Hall–Kier alpha value is -3.90. The smallest absolute Gasteiger partial charge is 0.0620 e. The second-order valence-corrected chi connectivity index (χ2v) is 11.0. The first kappa shape index (κ1) is 22.3. The fourth-order valence-corrected chi connectivity index (χ4v) is 7.27. The molecular weight excluding hydrogens is 444 g/mol. The van der Waals surface area contributed by atoms with Crippen LogP contribution in [0.25, 0.3) is 11.1 Å². The van der Waals surface area contributed by atoms with Crippen molar-refractivity contribution in [2.45, 2.75) is 45.4 Å². The highest BCUT2D eigenvalue weighted by Crippen LogP contribution is 2.60. The van der Waals surface area contributed by atoms with Crippen LogP contribution >= 0.6 is 0 Å². The predicted octanol–water partition coefficient (Wildman–Crippen LogP) is 8.72. The Labute approximate surface area is 220 Å². The van der Waals surface area contributed by atoms with Gasteiger partial charge in [-0.1, -0.05) is 121 Å². The predicted molar refractivity (Wildman–Crippen MR) is 155 cm³/mol. The van der Waals surface area contributed by atoms with Gasteiger partial charge in [0, 0.05) is 0 Å². The lowest BCUT2D eigenvalue weighted by Crippen LogP contribution is -2.34. The van der Waals surface area contributed by atoms with Crippen LogP contribution in [0.3, 0.4) is 0 Å². The van der Waals surface area contributed by atoms with E-state index < -0.39 is 0 Å². The van der Waals surface area contributed by atoms with E-state index >= 15 is 0 Å². The van der Waals surface area contributed by atoms with Crippen molar-refractivity contribution < 1.29 is 0 Å². The van der Waals surface area contributed by atoms with Crippen LogP contribution < -0.4 is 0 Å². The van der Waals surface area contributed by atoms with Crippen LogP contribution in [0.4, 0.5) is 0 Å². The minimum atomic E-state index is -0.277. The molecule has 0 amide bonds.